The Balaban J connectivity index is 1.46. The summed E-state index contributed by atoms with van der Waals surface area (Å²) < 4.78 is 27.6. The second-order valence-corrected chi connectivity index (χ2v) is 9.15. The number of halogens is 2. The van der Waals surface area contributed by atoms with Gasteiger partial charge in [-0.15, -0.1) is 0 Å². The number of amidine groups is 2. The molecule has 0 fully saturated rings. The number of para-hydroxylation sites is 1. The molecule has 0 unspecified atom stereocenters. The average Bonchev–Trinajstić information content (AvgIpc) is 3.23. The highest BCUT2D eigenvalue weighted by Gasteiger charge is 2.43. The highest BCUT2D eigenvalue weighted by molar-refractivity contribution is 8.15. The Morgan fingerprint density at radius 1 is 1.09 bits per heavy atom. The number of thioether (sulfide) groups is 1. The van der Waals surface area contributed by atoms with Crippen LogP contribution in [0.3, 0.4) is 0 Å². The quantitative estimate of drug-likeness (QED) is 0.517. The van der Waals surface area contributed by atoms with Gasteiger partial charge in [-0.1, -0.05) is 61.2 Å². The molecule has 176 valence electrons. The summed E-state index contributed by atoms with van der Waals surface area (Å²) in [6, 6.07) is 18.7. The maximum absolute atomic E-state index is 14.1. The van der Waals surface area contributed by atoms with Crippen molar-refractivity contribution in [2.75, 3.05) is 5.32 Å². The fraction of sp³-hybridized carbons (Fsp3) is 0.154. The predicted octanol–water partition coefficient (Wildman–Crippen LogP) is 5.45. The lowest BCUT2D eigenvalue weighted by molar-refractivity contribution is -0.124. The molecule has 0 spiro atoms. The van der Waals surface area contributed by atoms with Crippen molar-refractivity contribution in [3.63, 3.8) is 0 Å². The molecule has 0 radical (unpaired) electrons. The number of benzene rings is 3. The van der Waals surface area contributed by atoms with E-state index in [0.29, 0.717) is 23.1 Å². The monoisotopic (exact) mass is 490 g/mol. The van der Waals surface area contributed by atoms with Crippen molar-refractivity contribution < 1.29 is 18.4 Å². The number of hydrogen-bond donors (Lipinski definition) is 1. The van der Waals surface area contributed by atoms with Crippen LogP contribution in [0.2, 0.25) is 0 Å². The molecule has 3 aromatic carbocycles. The second kappa shape index (κ2) is 9.42. The molecule has 2 atom stereocenters. The molecule has 2 aliphatic rings. The molecule has 0 bridgehead atoms. The Hall–Kier alpha value is -3.85. The lowest BCUT2D eigenvalue weighted by Gasteiger charge is -2.27. The first-order chi connectivity index (χ1) is 17.0. The van der Waals surface area contributed by atoms with Crippen molar-refractivity contribution in [3.8, 4) is 0 Å². The van der Waals surface area contributed by atoms with E-state index < -0.39 is 28.8 Å². The summed E-state index contributed by atoms with van der Waals surface area (Å²) in [6.45, 7) is 1.80. The number of hydrogen-bond acceptors (Lipinski definition) is 5. The Morgan fingerprint density at radius 3 is 2.60 bits per heavy atom. The van der Waals surface area contributed by atoms with Gasteiger partial charge in [0.15, 0.2) is 11.2 Å². The molecule has 1 N–H and O–H groups in total. The fourth-order valence-corrected chi connectivity index (χ4v) is 4.96. The van der Waals surface area contributed by atoms with Crippen LogP contribution in [0, 0.1) is 11.6 Å². The zero-order chi connectivity index (χ0) is 24.5. The highest BCUT2D eigenvalue weighted by Crippen LogP contribution is 2.38. The summed E-state index contributed by atoms with van der Waals surface area (Å²) >= 11 is 1.09. The molecule has 3 aromatic rings. The molecule has 0 saturated heterocycles. The number of nitrogens with one attached hydrogen (secondary N) is 1. The van der Waals surface area contributed by atoms with E-state index in [0.717, 1.165) is 41.1 Å². The molecule has 0 aliphatic carbocycles. The third kappa shape index (κ3) is 4.35. The smallest absolute Gasteiger partial charge is 0.263 e. The number of carbonyl (C=O) groups excluding carboxylic acids is 2. The van der Waals surface area contributed by atoms with E-state index in [2.05, 4.69) is 10.3 Å². The van der Waals surface area contributed by atoms with Crippen molar-refractivity contribution >= 4 is 46.0 Å². The van der Waals surface area contributed by atoms with Crippen molar-refractivity contribution in [2.24, 2.45) is 9.98 Å². The van der Waals surface area contributed by atoms with Gasteiger partial charge in [-0.2, -0.15) is 0 Å². The lowest BCUT2D eigenvalue weighted by atomic mass is 10.1. The third-order valence-electron chi connectivity index (χ3n) is 5.68. The predicted molar refractivity (Wildman–Crippen MR) is 133 cm³/mol. The minimum Gasteiger partial charge on any atom is -0.323 e. The number of anilines is 1. The Labute approximate surface area is 204 Å². The Bertz CT molecular complexity index is 1380. The van der Waals surface area contributed by atoms with Gasteiger partial charge in [-0.25, -0.2) is 23.7 Å². The maximum Gasteiger partial charge on any atom is 0.263 e. The van der Waals surface area contributed by atoms with Crippen molar-refractivity contribution in [2.45, 2.75) is 24.6 Å². The molecule has 2 heterocycles. The molecule has 2 aliphatic heterocycles. The summed E-state index contributed by atoms with van der Waals surface area (Å²) in [5.41, 5.74) is 1.88. The van der Waals surface area contributed by atoms with Crippen LogP contribution in [0.15, 0.2) is 82.8 Å². The molecule has 0 saturated carbocycles. The first-order valence-corrected chi connectivity index (χ1v) is 11.9. The lowest BCUT2D eigenvalue weighted by Crippen LogP contribution is -2.41. The zero-order valence-corrected chi connectivity index (χ0v) is 19.4. The van der Waals surface area contributed by atoms with Gasteiger partial charge in [0.2, 0.25) is 5.91 Å². The van der Waals surface area contributed by atoms with Crippen LogP contribution in [-0.2, 0) is 9.59 Å². The zero-order valence-electron chi connectivity index (χ0n) is 18.6. The van der Waals surface area contributed by atoms with Crippen molar-refractivity contribution in [1.82, 2.24) is 4.90 Å². The normalized spacial score (nSPS) is 17.3. The van der Waals surface area contributed by atoms with Crippen LogP contribution in [0.25, 0.3) is 0 Å². The van der Waals surface area contributed by atoms with Gasteiger partial charge in [0.25, 0.3) is 5.91 Å². The van der Waals surface area contributed by atoms with Gasteiger partial charge in [0.1, 0.15) is 17.5 Å². The molecule has 9 heteroatoms. The first kappa shape index (κ1) is 22.9. The maximum atomic E-state index is 14.1. The summed E-state index contributed by atoms with van der Waals surface area (Å²) in [5.74, 6) is -1.71. The topological polar surface area (TPSA) is 74.1 Å². The van der Waals surface area contributed by atoms with Gasteiger partial charge in [0.05, 0.1) is 16.6 Å². The van der Waals surface area contributed by atoms with E-state index in [-0.39, 0.29) is 11.6 Å². The van der Waals surface area contributed by atoms with Crippen LogP contribution >= 0.6 is 11.8 Å². The molecular weight excluding hydrogens is 470 g/mol. The van der Waals surface area contributed by atoms with Crippen molar-refractivity contribution in [1.29, 1.82) is 0 Å². The molecule has 0 aromatic heterocycles. The van der Waals surface area contributed by atoms with E-state index in [1.54, 1.807) is 6.92 Å². The van der Waals surface area contributed by atoms with Gasteiger partial charge >= 0.3 is 0 Å². The Morgan fingerprint density at radius 2 is 1.83 bits per heavy atom. The molecule has 5 rings (SSSR count). The molecule has 35 heavy (non-hydrogen) atoms. The summed E-state index contributed by atoms with van der Waals surface area (Å²) in [5, 5.41) is 2.05. The number of carbonyl (C=O) groups is 2. The van der Waals surface area contributed by atoms with E-state index in [9.17, 15) is 18.4 Å². The van der Waals surface area contributed by atoms with Crippen LogP contribution < -0.4 is 5.32 Å². The van der Waals surface area contributed by atoms with Crippen LogP contribution in [0.5, 0.6) is 0 Å². The minimum absolute atomic E-state index is 0.242. The van der Waals surface area contributed by atoms with E-state index in [1.165, 1.54) is 4.90 Å². The van der Waals surface area contributed by atoms with Gasteiger partial charge in [-0.3, -0.25) is 9.59 Å². The summed E-state index contributed by atoms with van der Waals surface area (Å²) in [7, 11) is 0. The largest absolute Gasteiger partial charge is 0.323 e. The number of amides is 2. The molecular formula is C26H20F2N4O2S. The van der Waals surface area contributed by atoms with Crippen LogP contribution in [-0.4, -0.2) is 33.0 Å². The van der Waals surface area contributed by atoms with E-state index in [4.69, 9.17) is 4.99 Å². The Kier molecular flexibility index (Phi) is 6.17. The molecule has 2 amide bonds. The van der Waals surface area contributed by atoms with Crippen LogP contribution in [0.4, 0.5) is 20.2 Å². The number of aliphatic imine (C=N–C) groups is 2. The van der Waals surface area contributed by atoms with Gasteiger partial charge in [-0.05, 0) is 36.2 Å². The third-order valence-corrected chi connectivity index (χ3v) is 7.00. The van der Waals surface area contributed by atoms with Crippen LogP contribution in [0.1, 0.15) is 30.5 Å². The average molecular weight is 491 g/mol. The fourth-order valence-electron chi connectivity index (χ4n) is 3.94. The SMILES string of the molecule is CC[C@@H](SC1=Nc2ccccc2C2=N[C@@H](c3ccccc3)C(=O)N12)C(=O)Nc1cc(F)ccc1F. The minimum atomic E-state index is -0.738. The van der Waals surface area contributed by atoms with E-state index >= 15 is 0 Å². The van der Waals surface area contributed by atoms with Gasteiger partial charge < -0.3 is 5.32 Å². The molecule has 6 nitrogen and oxygen atoms in total. The second-order valence-electron chi connectivity index (χ2n) is 7.98. The highest BCUT2D eigenvalue weighted by atomic mass is 32.2. The van der Waals surface area contributed by atoms with Gasteiger partial charge in [0, 0.05) is 11.6 Å². The number of rotatable bonds is 5. The summed E-state index contributed by atoms with van der Waals surface area (Å²) in [6.07, 6.45) is 0.366. The first-order valence-electron chi connectivity index (χ1n) is 11.0. The number of nitrogens with zero attached hydrogens (tertiary/aromatic N) is 3. The standard InChI is InChI=1S/C26H20F2N4O2S/c1-2-21(24(33)29-20-14-16(27)12-13-18(20)28)35-26-30-19-11-7-6-10-17(19)23-31-22(25(34)32(23)26)15-8-4-3-5-9-15/h3-14,21-22H,2H2,1H3,(H,29,33)/t21-,22+/m1/s1. The van der Waals surface area contributed by atoms with E-state index in [1.807, 2.05) is 54.6 Å². The summed E-state index contributed by atoms with van der Waals surface area (Å²) in [4.78, 5) is 37.3. The van der Waals surface area contributed by atoms with Crippen molar-refractivity contribution in [3.05, 3.63) is 95.6 Å². The number of fused-ring (bicyclic) bond motifs is 3.